The van der Waals surface area contributed by atoms with Crippen LogP contribution in [-0.2, 0) is 16.0 Å². The zero-order valence-electron chi connectivity index (χ0n) is 15.7. The molecule has 0 radical (unpaired) electrons. The van der Waals surface area contributed by atoms with Gasteiger partial charge in [0.25, 0.3) is 0 Å². The van der Waals surface area contributed by atoms with Gasteiger partial charge in [-0.2, -0.15) is 0 Å². The van der Waals surface area contributed by atoms with Crippen molar-refractivity contribution < 1.29 is 9.59 Å². The molecule has 2 aliphatic heterocycles. The predicted octanol–water partition coefficient (Wildman–Crippen LogP) is 4.47. The minimum absolute atomic E-state index is 0.00740. The van der Waals surface area contributed by atoms with E-state index in [4.69, 9.17) is 11.6 Å². The molecule has 2 aliphatic rings. The number of nitrogens with one attached hydrogen (secondary N) is 2. The molecule has 1 saturated heterocycles. The van der Waals surface area contributed by atoms with Crippen molar-refractivity contribution in [2.75, 3.05) is 28.6 Å². The van der Waals surface area contributed by atoms with Crippen molar-refractivity contribution in [3.63, 3.8) is 0 Å². The molecule has 4 rings (SSSR count). The van der Waals surface area contributed by atoms with E-state index in [0.29, 0.717) is 24.3 Å². The number of carbonyl (C=O) groups is 2. The second-order valence-electron chi connectivity index (χ2n) is 7.49. The molecule has 5 nitrogen and oxygen atoms in total. The SMILES string of the molecule is O=C(CCC1Cc2ccccc2NC1=O)Nc1cc(Cl)ccc1N1CCCC1. The Morgan fingerprint density at radius 1 is 1.18 bits per heavy atom. The Kier molecular flexibility index (Phi) is 5.53. The van der Waals surface area contributed by atoms with Gasteiger partial charge >= 0.3 is 0 Å². The van der Waals surface area contributed by atoms with Gasteiger partial charge in [0, 0.05) is 36.1 Å². The van der Waals surface area contributed by atoms with E-state index in [1.807, 2.05) is 36.4 Å². The molecule has 2 N–H and O–H groups in total. The van der Waals surface area contributed by atoms with Crippen LogP contribution in [-0.4, -0.2) is 24.9 Å². The lowest BCUT2D eigenvalue weighted by Gasteiger charge is -2.25. The van der Waals surface area contributed by atoms with Crippen molar-refractivity contribution in [2.45, 2.75) is 32.1 Å². The van der Waals surface area contributed by atoms with E-state index in [1.54, 1.807) is 6.07 Å². The third kappa shape index (κ3) is 4.14. The highest BCUT2D eigenvalue weighted by atomic mass is 35.5. The van der Waals surface area contributed by atoms with Crippen LogP contribution in [0, 0.1) is 5.92 Å². The van der Waals surface area contributed by atoms with Gasteiger partial charge in [-0.05, 0) is 55.5 Å². The van der Waals surface area contributed by atoms with Gasteiger partial charge in [0.15, 0.2) is 0 Å². The molecule has 1 unspecified atom stereocenters. The van der Waals surface area contributed by atoms with E-state index in [0.717, 1.165) is 48.6 Å². The number of nitrogens with zero attached hydrogens (tertiary/aromatic N) is 1. The maximum Gasteiger partial charge on any atom is 0.227 e. The van der Waals surface area contributed by atoms with Crippen LogP contribution in [0.5, 0.6) is 0 Å². The van der Waals surface area contributed by atoms with E-state index in [-0.39, 0.29) is 17.7 Å². The maximum absolute atomic E-state index is 12.6. The topological polar surface area (TPSA) is 61.4 Å². The summed E-state index contributed by atoms with van der Waals surface area (Å²) < 4.78 is 0. The van der Waals surface area contributed by atoms with E-state index < -0.39 is 0 Å². The van der Waals surface area contributed by atoms with Gasteiger partial charge in [-0.3, -0.25) is 9.59 Å². The third-order valence-electron chi connectivity index (χ3n) is 5.51. The van der Waals surface area contributed by atoms with Crippen molar-refractivity contribution in [1.29, 1.82) is 0 Å². The lowest BCUT2D eigenvalue weighted by atomic mass is 9.89. The molecule has 6 heteroatoms. The van der Waals surface area contributed by atoms with Crippen LogP contribution in [0.25, 0.3) is 0 Å². The first-order valence-electron chi connectivity index (χ1n) is 9.83. The molecular formula is C22H24ClN3O2. The van der Waals surface area contributed by atoms with Crippen molar-refractivity contribution in [1.82, 2.24) is 0 Å². The van der Waals surface area contributed by atoms with Crippen molar-refractivity contribution in [3.8, 4) is 0 Å². The largest absolute Gasteiger partial charge is 0.370 e. The Morgan fingerprint density at radius 2 is 1.96 bits per heavy atom. The summed E-state index contributed by atoms with van der Waals surface area (Å²) >= 11 is 6.15. The number of amides is 2. The van der Waals surface area contributed by atoms with Crippen LogP contribution in [0.15, 0.2) is 42.5 Å². The fourth-order valence-corrected chi connectivity index (χ4v) is 4.18. The molecule has 2 aromatic carbocycles. The highest BCUT2D eigenvalue weighted by Crippen LogP contribution is 2.32. The minimum Gasteiger partial charge on any atom is -0.370 e. The van der Waals surface area contributed by atoms with Crippen molar-refractivity contribution >= 4 is 40.5 Å². The summed E-state index contributed by atoms with van der Waals surface area (Å²) in [5.74, 6) is -0.278. The highest BCUT2D eigenvalue weighted by molar-refractivity contribution is 6.31. The molecule has 0 spiro atoms. The number of hydrogen-bond donors (Lipinski definition) is 2. The number of fused-ring (bicyclic) bond motifs is 1. The van der Waals surface area contributed by atoms with Gasteiger partial charge in [0.2, 0.25) is 11.8 Å². The van der Waals surface area contributed by atoms with Gasteiger partial charge in [-0.15, -0.1) is 0 Å². The van der Waals surface area contributed by atoms with E-state index >= 15 is 0 Å². The second kappa shape index (κ2) is 8.23. The molecule has 2 aromatic rings. The molecule has 2 heterocycles. The zero-order valence-corrected chi connectivity index (χ0v) is 16.5. The van der Waals surface area contributed by atoms with Crippen LogP contribution in [0.4, 0.5) is 17.1 Å². The summed E-state index contributed by atoms with van der Waals surface area (Å²) in [5, 5.41) is 6.55. The Labute approximate surface area is 170 Å². The van der Waals surface area contributed by atoms with E-state index in [1.165, 1.54) is 0 Å². The first kappa shape index (κ1) is 18.8. The second-order valence-corrected chi connectivity index (χ2v) is 7.93. The van der Waals surface area contributed by atoms with Crippen LogP contribution in [0.3, 0.4) is 0 Å². The summed E-state index contributed by atoms with van der Waals surface area (Å²) in [4.78, 5) is 27.2. The van der Waals surface area contributed by atoms with Gasteiger partial charge in [0.05, 0.1) is 11.4 Å². The highest BCUT2D eigenvalue weighted by Gasteiger charge is 2.26. The van der Waals surface area contributed by atoms with Crippen LogP contribution < -0.4 is 15.5 Å². The number of hydrogen-bond acceptors (Lipinski definition) is 3. The fourth-order valence-electron chi connectivity index (χ4n) is 4.01. The van der Waals surface area contributed by atoms with Crippen LogP contribution in [0.1, 0.15) is 31.2 Å². The molecule has 2 amide bonds. The Morgan fingerprint density at radius 3 is 2.79 bits per heavy atom. The van der Waals surface area contributed by atoms with E-state index in [9.17, 15) is 9.59 Å². The average Bonchev–Trinajstić information content (AvgIpc) is 3.21. The minimum atomic E-state index is -0.182. The number of halogens is 1. The smallest absolute Gasteiger partial charge is 0.227 e. The summed E-state index contributed by atoms with van der Waals surface area (Å²) in [5.41, 5.74) is 3.76. The molecular weight excluding hydrogens is 374 g/mol. The zero-order chi connectivity index (χ0) is 19.5. The number of benzene rings is 2. The lowest BCUT2D eigenvalue weighted by Crippen LogP contribution is -2.30. The number of rotatable bonds is 5. The lowest BCUT2D eigenvalue weighted by molar-refractivity contribution is -0.121. The molecule has 0 bridgehead atoms. The van der Waals surface area contributed by atoms with Crippen LogP contribution >= 0.6 is 11.6 Å². The molecule has 0 aliphatic carbocycles. The standard InChI is InChI=1S/C22H24ClN3O2/c23-17-8-9-20(26-11-3-4-12-26)19(14-17)24-21(27)10-7-16-13-15-5-1-2-6-18(15)25-22(16)28/h1-2,5-6,8-9,14,16H,3-4,7,10-13H2,(H,24,27)(H,25,28). The average molecular weight is 398 g/mol. The Balaban J connectivity index is 1.39. The number of para-hydroxylation sites is 1. The van der Waals surface area contributed by atoms with Gasteiger partial charge in [-0.1, -0.05) is 29.8 Å². The summed E-state index contributed by atoms with van der Waals surface area (Å²) in [6.45, 7) is 1.98. The van der Waals surface area contributed by atoms with Crippen LogP contribution in [0.2, 0.25) is 5.02 Å². The first-order valence-corrected chi connectivity index (χ1v) is 10.2. The van der Waals surface area contributed by atoms with Gasteiger partial charge in [-0.25, -0.2) is 0 Å². The fraction of sp³-hybridized carbons (Fsp3) is 0.364. The molecule has 146 valence electrons. The third-order valence-corrected chi connectivity index (χ3v) is 5.75. The Bertz CT molecular complexity index is 893. The number of anilines is 3. The molecule has 0 aromatic heterocycles. The quantitative estimate of drug-likeness (QED) is 0.782. The van der Waals surface area contributed by atoms with Crippen molar-refractivity contribution in [3.05, 3.63) is 53.1 Å². The van der Waals surface area contributed by atoms with Gasteiger partial charge in [0.1, 0.15) is 0 Å². The molecule has 1 atom stereocenters. The first-order chi connectivity index (χ1) is 13.6. The van der Waals surface area contributed by atoms with E-state index in [2.05, 4.69) is 15.5 Å². The van der Waals surface area contributed by atoms with Crippen molar-refractivity contribution in [2.24, 2.45) is 5.92 Å². The normalized spacial score (nSPS) is 18.5. The van der Waals surface area contributed by atoms with Gasteiger partial charge < -0.3 is 15.5 Å². The predicted molar refractivity (Wildman–Crippen MR) is 113 cm³/mol. The Hall–Kier alpha value is -2.53. The maximum atomic E-state index is 12.6. The summed E-state index contributed by atoms with van der Waals surface area (Å²) in [7, 11) is 0. The summed E-state index contributed by atoms with van der Waals surface area (Å²) in [6.07, 6.45) is 3.81. The number of carbonyl (C=O) groups excluding carboxylic acids is 2. The summed E-state index contributed by atoms with van der Waals surface area (Å²) in [6, 6.07) is 13.4. The monoisotopic (exact) mass is 397 g/mol. The molecule has 0 saturated carbocycles. The molecule has 1 fully saturated rings. The molecule has 28 heavy (non-hydrogen) atoms.